The normalized spacial score (nSPS) is 19.9. The van der Waals surface area contributed by atoms with E-state index in [1.165, 1.54) is 0 Å². The summed E-state index contributed by atoms with van der Waals surface area (Å²) in [5, 5.41) is 12.7. The van der Waals surface area contributed by atoms with Crippen molar-refractivity contribution in [2.45, 2.75) is 32.4 Å². The molecule has 2 N–H and O–H groups in total. The highest BCUT2D eigenvalue weighted by molar-refractivity contribution is 5.78. The first-order valence-electron chi connectivity index (χ1n) is 7.25. The van der Waals surface area contributed by atoms with E-state index in [2.05, 4.69) is 15.1 Å². The van der Waals surface area contributed by atoms with E-state index in [9.17, 15) is 9.90 Å². The Balaban J connectivity index is 2.23. The summed E-state index contributed by atoms with van der Waals surface area (Å²) in [4.78, 5) is 16.2. The van der Waals surface area contributed by atoms with Crippen molar-refractivity contribution in [2.75, 3.05) is 53.0 Å². The summed E-state index contributed by atoms with van der Waals surface area (Å²) in [6.07, 6.45) is 0. The van der Waals surface area contributed by atoms with Gasteiger partial charge in [0.2, 0.25) is 5.91 Å². The maximum absolute atomic E-state index is 11.8. The van der Waals surface area contributed by atoms with Crippen LogP contribution in [0.3, 0.4) is 0 Å². The Labute approximate surface area is 122 Å². The van der Waals surface area contributed by atoms with Crippen molar-refractivity contribution in [3.8, 4) is 0 Å². The lowest BCUT2D eigenvalue weighted by Crippen LogP contribution is -2.53. The molecule has 1 aliphatic heterocycles. The van der Waals surface area contributed by atoms with E-state index in [1.807, 2.05) is 20.8 Å². The van der Waals surface area contributed by atoms with Crippen LogP contribution in [0.2, 0.25) is 0 Å². The minimum absolute atomic E-state index is 0.0453. The Morgan fingerprint density at radius 3 is 2.35 bits per heavy atom. The standard InChI is InChI=1S/C14H29N3O3/c1-12(10-20-4)15-13(18)9-16-5-7-17(8-6-16)11-14(2,3)19/h12,19H,5-11H2,1-4H3,(H,15,18). The van der Waals surface area contributed by atoms with Crippen molar-refractivity contribution in [3.63, 3.8) is 0 Å². The minimum Gasteiger partial charge on any atom is -0.389 e. The molecule has 0 aromatic heterocycles. The Bertz CT molecular complexity index is 297. The van der Waals surface area contributed by atoms with Gasteiger partial charge in [-0.1, -0.05) is 0 Å². The molecule has 0 radical (unpaired) electrons. The number of rotatable bonds is 7. The monoisotopic (exact) mass is 287 g/mol. The van der Waals surface area contributed by atoms with Crippen molar-refractivity contribution in [1.82, 2.24) is 15.1 Å². The molecule has 6 heteroatoms. The van der Waals surface area contributed by atoms with Gasteiger partial charge in [0.15, 0.2) is 0 Å². The van der Waals surface area contributed by atoms with E-state index in [-0.39, 0.29) is 11.9 Å². The highest BCUT2D eigenvalue weighted by atomic mass is 16.5. The van der Waals surface area contributed by atoms with Gasteiger partial charge >= 0.3 is 0 Å². The summed E-state index contributed by atoms with van der Waals surface area (Å²) in [5.41, 5.74) is -0.658. The quantitative estimate of drug-likeness (QED) is 0.662. The smallest absolute Gasteiger partial charge is 0.234 e. The van der Waals surface area contributed by atoms with Gasteiger partial charge in [0.1, 0.15) is 0 Å². The van der Waals surface area contributed by atoms with Crippen LogP contribution in [0.4, 0.5) is 0 Å². The van der Waals surface area contributed by atoms with E-state index in [0.717, 1.165) is 26.2 Å². The fourth-order valence-electron chi connectivity index (χ4n) is 2.47. The molecule has 6 nitrogen and oxygen atoms in total. The van der Waals surface area contributed by atoms with E-state index >= 15 is 0 Å². The molecule has 1 atom stereocenters. The molecule has 1 aliphatic rings. The first-order valence-corrected chi connectivity index (χ1v) is 7.25. The van der Waals surface area contributed by atoms with Gasteiger partial charge in [-0.15, -0.1) is 0 Å². The molecule has 0 spiro atoms. The lowest BCUT2D eigenvalue weighted by Gasteiger charge is -2.37. The number of β-amino-alcohol motifs (C(OH)–C–C–N with tert-alkyl or cyclic N) is 1. The number of amides is 1. The molecule has 0 aromatic carbocycles. The van der Waals surface area contributed by atoms with E-state index in [1.54, 1.807) is 7.11 Å². The molecule has 1 fully saturated rings. The summed E-state index contributed by atoms with van der Waals surface area (Å²) in [7, 11) is 1.63. The summed E-state index contributed by atoms with van der Waals surface area (Å²) in [6.45, 7) is 10.7. The van der Waals surface area contributed by atoms with E-state index in [0.29, 0.717) is 19.7 Å². The Morgan fingerprint density at radius 2 is 1.85 bits per heavy atom. The third kappa shape index (κ3) is 7.19. The number of ether oxygens (including phenoxy) is 1. The van der Waals surface area contributed by atoms with Gasteiger partial charge < -0.3 is 15.2 Å². The first-order chi connectivity index (χ1) is 9.30. The Kier molecular flexibility index (Phi) is 6.88. The second-order valence-electron chi connectivity index (χ2n) is 6.29. The predicted molar refractivity (Wildman–Crippen MR) is 78.7 cm³/mol. The zero-order chi connectivity index (χ0) is 15.2. The molecule has 0 saturated carbocycles. The first kappa shape index (κ1) is 17.4. The van der Waals surface area contributed by atoms with Crippen LogP contribution >= 0.6 is 0 Å². The lowest BCUT2D eigenvalue weighted by molar-refractivity contribution is -0.123. The average molecular weight is 287 g/mol. The number of carbonyl (C=O) groups is 1. The Hall–Kier alpha value is -0.690. The fraction of sp³-hybridized carbons (Fsp3) is 0.929. The van der Waals surface area contributed by atoms with Crippen LogP contribution < -0.4 is 5.32 Å². The molecule has 0 aromatic rings. The number of piperazine rings is 1. The topological polar surface area (TPSA) is 65.0 Å². The van der Waals surface area contributed by atoms with Gasteiger partial charge in [0.25, 0.3) is 0 Å². The second kappa shape index (κ2) is 7.93. The molecule has 0 bridgehead atoms. The number of hydrogen-bond donors (Lipinski definition) is 2. The second-order valence-corrected chi connectivity index (χ2v) is 6.29. The summed E-state index contributed by atoms with van der Waals surface area (Å²) in [6, 6.07) is 0.0453. The van der Waals surface area contributed by atoms with Crippen molar-refractivity contribution < 1.29 is 14.6 Å². The summed E-state index contributed by atoms with van der Waals surface area (Å²) < 4.78 is 5.00. The van der Waals surface area contributed by atoms with Crippen molar-refractivity contribution in [1.29, 1.82) is 0 Å². The summed E-state index contributed by atoms with van der Waals surface area (Å²) in [5.74, 6) is 0.0467. The molecular weight excluding hydrogens is 258 g/mol. The van der Waals surface area contributed by atoms with Crippen molar-refractivity contribution in [3.05, 3.63) is 0 Å². The average Bonchev–Trinajstić information content (AvgIpc) is 2.30. The van der Waals surface area contributed by atoms with Crippen LogP contribution in [0.1, 0.15) is 20.8 Å². The van der Waals surface area contributed by atoms with Crippen molar-refractivity contribution >= 4 is 5.91 Å². The molecule has 20 heavy (non-hydrogen) atoms. The van der Waals surface area contributed by atoms with Crippen LogP contribution in [-0.4, -0.2) is 85.4 Å². The third-order valence-electron chi connectivity index (χ3n) is 3.27. The number of nitrogens with zero attached hydrogens (tertiary/aromatic N) is 2. The predicted octanol–water partition coefficient (Wildman–Crippen LogP) is -0.474. The van der Waals surface area contributed by atoms with Gasteiger partial charge in [0, 0.05) is 45.9 Å². The van der Waals surface area contributed by atoms with Crippen LogP contribution in [-0.2, 0) is 9.53 Å². The minimum atomic E-state index is -0.658. The molecule has 118 valence electrons. The molecule has 1 rings (SSSR count). The summed E-state index contributed by atoms with van der Waals surface area (Å²) >= 11 is 0. The van der Waals surface area contributed by atoms with Crippen molar-refractivity contribution in [2.24, 2.45) is 0 Å². The SMILES string of the molecule is COCC(C)NC(=O)CN1CCN(CC(C)(C)O)CC1. The molecule has 1 saturated heterocycles. The zero-order valence-electron chi connectivity index (χ0n) is 13.2. The highest BCUT2D eigenvalue weighted by Crippen LogP contribution is 2.08. The van der Waals surface area contributed by atoms with Crippen LogP contribution in [0.15, 0.2) is 0 Å². The van der Waals surface area contributed by atoms with Crippen LogP contribution in [0.5, 0.6) is 0 Å². The lowest BCUT2D eigenvalue weighted by atomic mass is 10.1. The Morgan fingerprint density at radius 1 is 1.30 bits per heavy atom. The maximum atomic E-state index is 11.8. The third-order valence-corrected chi connectivity index (χ3v) is 3.27. The van der Waals surface area contributed by atoms with Crippen LogP contribution in [0.25, 0.3) is 0 Å². The van der Waals surface area contributed by atoms with Gasteiger partial charge in [-0.3, -0.25) is 14.6 Å². The molecule has 0 aliphatic carbocycles. The molecule has 1 unspecified atom stereocenters. The van der Waals surface area contributed by atoms with Crippen LogP contribution in [0, 0.1) is 0 Å². The number of hydrogen-bond acceptors (Lipinski definition) is 5. The number of nitrogens with one attached hydrogen (secondary N) is 1. The number of methoxy groups -OCH3 is 1. The van der Waals surface area contributed by atoms with E-state index in [4.69, 9.17) is 4.74 Å². The largest absolute Gasteiger partial charge is 0.389 e. The fourth-order valence-corrected chi connectivity index (χ4v) is 2.47. The number of carbonyl (C=O) groups excluding carboxylic acids is 1. The van der Waals surface area contributed by atoms with Gasteiger partial charge in [-0.05, 0) is 20.8 Å². The molecular formula is C14H29N3O3. The molecule has 1 heterocycles. The van der Waals surface area contributed by atoms with Gasteiger partial charge in [-0.2, -0.15) is 0 Å². The maximum Gasteiger partial charge on any atom is 0.234 e. The van der Waals surface area contributed by atoms with E-state index < -0.39 is 5.60 Å². The van der Waals surface area contributed by atoms with Gasteiger partial charge in [0.05, 0.1) is 18.8 Å². The number of aliphatic hydroxyl groups is 1. The van der Waals surface area contributed by atoms with Gasteiger partial charge in [-0.25, -0.2) is 0 Å². The highest BCUT2D eigenvalue weighted by Gasteiger charge is 2.23. The zero-order valence-corrected chi connectivity index (χ0v) is 13.2. The molecule has 1 amide bonds.